The van der Waals surface area contributed by atoms with E-state index >= 15 is 0 Å². The fraction of sp³-hybridized carbons (Fsp3) is 0.533. The first-order chi connectivity index (χ1) is 10.4. The van der Waals surface area contributed by atoms with Crippen LogP contribution in [0.4, 0.5) is 4.79 Å². The quantitative estimate of drug-likeness (QED) is 0.747. The molecule has 1 aromatic carbocycles. The van der Waals surface area contributed by atoms with Gasteiger partial charge in [-0.1, -0.05) is 30.3 Å². The van der Waals surface area contributed by atoms with Crippen LogP contribution in [0, 0.1) is 0 Å². The zero-order chi connectivity index (χ0) is 16.4. The Morgan fingerprint density at radius 2 is 1.91 bits per heavy atom. The lowest BCUT2D eigenvalue weighted by atomic mass is 10.1. The minimum absolute atomic E-state index is 0.233. The van der Waals surface area contributed by atoms with Gasteiger partial charge in [0.1, 0.15) is 0 Å². The predicted octanol–water partition coefficient (Wildman–Crippen LogP) is 1.63. The van der Waals surface area contributed by atoms with Gasteiger partial charge in [0, 0.05) is 19.6 Å². The van der Waals surface area contributed by atoms with Gasteiger partial charge in [-0.15, -0.1) is 0 Å². The van der Waals surface area contributed by atoms with Gasteiger partial charge in [-0.25, -0.2) is 17.5 Å². The molecule has 22 heavy (non-hydrogen) atoms. The Morgan fingerprint density at radius 3 is 2.50 bits per heavy atom. The van der Waals surface area contributed by atoms with Crippen LogP contribution in [0.3, 0.4) is 0 Å². The van der Waals surface area contributed by atoms with Crippen LogP contribution >= 0.6 is 0 Å². The molecule has 0 radical (unpaired) electrons. The molecule has 0 spiro atoms. The van der Waals surface area contributed by atoms with Crippen molar-refractivity contribution in [2.24, 2.45) is 0 Å². The van der Waals surface area contributed by atoms with E-state index in [9.17, 15) is 13.2 Å². The fourth-order valence-electron chi connectivity index (χ4n) is 2.01. The maximum Gasteiger partial charge on any atom is 0.407 e. The second-order valence-corrected chi connectivity index (χ2v) is 6.88. The maximum atomic E-state index is 11.8. The number of amides is 1. The fourth-order valence-corrected chi connectivity index (χ4v) is 2.90. The van der Waals surface area contributed by atoms with Crippen molar-refractivity contribution in [2.75, 3.05) is 32.5 Å². The summed E-state index contributed by atoms with van der Waals surface area (Å²) < 4.78 is 29.6. The molecule has 0 aliphatic heterocycles. The third-order valence-electron chi connectivity index (χ3n) is 3.09. The van der Waals surface area contributed by atoms with E-state index in [0.717, 1.165) is 12.8 Å². The van der Waals surface area contributed by atoms with E-state index in [4.69, 9.17) is 4.74 Å². The van der Waals surface area contributed by atoms with E-state index in [1.807, 2.05) is 30.3 Å². The minimum Gasteiger partial charge on any atom is -0.450 e. The van der Waals surface area contributed by atoms with Gasteiger partial charge in [0.15, 0.2) is 0 Å². The van der Waals surface area contributed by atoms with E-state index in [0.29, 0.717) is 13.2 Å². The number of ether oxygens (including phenoxy) is 1. The summed E-state index contributed by atoms with van der Waals surface area (Å²) in [7, 11) is -3.29. The average molecular weight is 328 g/mol. The molecule has 0 aliphatic rings. The van der Waals surface area contributed by atoms with E-state index in [1.54, 1.807) is 6.92 Å². The SMILES string of the molecule is CCOC(=O)NCCN(CCCc1ccccc1)S(C)(=O)=O. The van der Waals surface area contributed by atoms with Crippen molar-refractivity contribution in [3.8, 4) is 0 Å². The molecule has 6 nitrogen and oxygen atoms in total. The number of hydrogen-bond donors (Lipinski definition) is 1. The van der Waals surface area contributed by atoms with Crippen LogP contribution in [0.15, 0.2) is 30.3 Å². The van der Waals surface area contributed by atoms with Gasteiger partial charge in [0.2, 0.25) is 10.0 Å². The van der Waals surface area contributed by atoms with Gasteiger partial charge < -0.3 is 10.1 Å². The maximum absolute atomic E-state index is 11.8. The van der Waals surface area contributed by atoms with E-state index in [2.05, 4.69) is 5.32 Å². The molecule has 1 rings (SSSR count). The number of carbonyl (C=O) groups is 1. The molecule has 0 unspecified atom stereocenters. The third kappa shape index (κ3) is 7.42. The molecule has 0 saturated heterocycles. The van der Waals surface area contributed by atoms with E-state index in [-0.39, 0.29) is 13.1 Å². The van der Waals surface area contributed by atoms with Crippen molar-refractivity contribution < 1.29 is 17.9 Å². The molecule has 0 bridgehead atoms. The Kier molecular flexibility index (Phi) is 7.90. The van der Waals surface area contributed by atoms with Crippen LogP contribution in [-0.2, 0) is 21.2 Å². The van der Waals surface area contributed by atoms with Gasteiger partial charge in [0.05, 0.1) is 12.9 Å². The molecular formula is C15H24N2O4S. The summed E-state index contributed by atoms with van der Waals surface area (Å²) in [6.07, 6.45) is 2.20. The number of benzene rings is 1. The lowest BCUT2D eigenvalue weighted by molar-refractivity contribution is 0.151. The lowest BCUT2D eigenvalue weighted by Crippen LogP contribution is -2.38. The van der Waals surface area contributed by atoms with Crippen molar-refractivity contribution in [3.05, 3.63) is 35.9 Å². The van der Waals surface area contributed by atoms with Gasteiger partial charge in [-0.2, -0.15) is 0 Å². The number of sulfonamides is 1. The van der Waals surface area contributed by atoms with Crippen LogP contribution in [-0.4, -0.2) is 51.3 Å². The lowest BCUT2D eigenvalue weighted by Gasteiger charge is -2.20. The van der Waals surface area contributed by atoms with E-state index in [1.165, 1.54) is 16.1 Å². The minimum atomic E-state index is -3.29. The molecule has 0 aliphatic carbocycles. The molecule has 0 atom stereocenters. The van der Waals surface area contributed by atoms with Crippen molar-refractivity contribution in [3.63, 3.8) is 0 Å². The Bertz CT molecular complexity index is 546. The topological polar surface area (TPSA) is 75.7 Å². The van der Waals surface area contributed by atoms with E-state index < -0.39 is 16.1 Å². The van der Waals surface area contributed by atoms with Crippen LogP contribution in [0.2, 0.25) is 0 Å². The summed E-state index contributed by atoms with van der Waals surface area (Å²) in [6, 6.07) is 9.92. The zero-order valence-electron chi connectivity index (χ0n) is 13.1. The number of rotatable bonds is 9. The van der Waals surface area contributed by atoms with Crippen LogP contribution < -0.4 is 5.32 Å². The monoisotopic (exact) mass is 328 g/mol. The molecule has 124 valence electrons. The zero-order valence-corrected chi connectivity index (χ0v) is 13.9. The molecule has 0 saturated carbocycles. The highest BCUT2D eigenvalue weighted by Gasteiger charge is 2.16. The Labute approximate surface area is 132 Å². The van der Waals surface area contributed by atoms with Gasteiger partial charge in [0.25, 0.3) is 0 Å². The summed E-state index contributed by atoms with van der Waals surface area (Å²) in [6.45, 7) is 2.91. The standard InChI is InChI=1S/C15H24N2O4S/c1-3-21-15(18)16-11-13-17(22(2,19)20)12-7-10-14-8-5-4-6-9-14/h4-6,8-9H,3,7,10-13H2,1-2H3,(H,16,18). The van der Waals surface area contributed by atoms with Gasteiger partial charge >= 0.3 is 6.09 Å². The van der Waals surface area contributed by atoms with Crippen LogP contribution in [0.5, 0.6) is 0 Å². The number of nitrogens with one attached hydrogen (secondary N) is 1. The Hall–Kier alpha value is -1.60. The summed E-state index contributed by atoms with van der Waals surface area (Å²) >= 11 is 0. The van der Waals surface area contributed by atoms with Crippen LogP contribution in [0.1, 0.15) is 18.9 Å². The molecule has 1 N–H and O–H groups in total. The normalized spacial score (nSPS) is 11.4. The van der Waals surface area contributed by atoms with Crippen molar-refractivity contribution >= 4 is 16.1 Å². The number of alkyl carbamates (subject to hydrolysis) is 1. The highest BCUT2D eigenvalue weighted by molar-refractivity contribution is 7.88. The summed E-state index contributed by atoms with van der Waals surface area (Å²) in [5, 5.41) is 2.53. The predicted molar refractivity (Wildman–Crippen MR) is 86.2 cm³/mol. The smallest absolute Gasteiger partial charge is 0.407 e. The third-order valence-corrected chi connectivity index (χ3v) is 4.39. The highest BCUT2D eigenvalue weighted by atomic mass is 32.2. The highest BCUT2D eigenvalue weighted by Crippen LogP contribution is 2.05. The number of hydrogen-bond acceptors (Lipinski definition) is 4. The van der Waals surface area contributed by atoms with Crippen LogP contribution in [0.25, 0.3) is 0 Å². The average Bonchev–Trinajstić information content (AvgIpc) is 2.46. The molecule has 1 aromatic rings. The number of carbonyl (C=O) groups excluding carboxylic acids is 1. The summed E-state index contributed by atoms with van der Waals surface area (Å²) in [5.74, 6) is 0. The Morgan fingerprint density at radius 1 is 1.23 bits per heavy atom. The molecular weight excluding hydrogens is 304 g/mol. The second-order valence-electron chi connectivity index (χ2n) is 4.90. The summed E-state index contributed by atoms with van der Waals surface area (Å²) in [5.41, 5.74) is 1.18. The molecule has 0 heterocycles. The van der Waals surface area contributed by atoms with Crippen molar-refractivity contribution in [1.82, 2.24) is 9.62 Å². The largest absolute Gasteiger partial charge is 0.450 e. The first-order valence-corrected chi connectivity index (χ1v) is 9.18. The van der Waals surface area contributed by atoms with Crippen molar-refractivity contribution in [2.45, 2.75) is 19.8 Å². The number of aryl methyl sites for hydroxylation is 1. The molecule has 0 aromatic heterocycles. The number of nitrogens with zero attached hydrogens (tertiary/aromatic N) is 1. The molecule has 1 amide bonds. The first-order valence-electron chi connectivity index (χ1n) is 7.33. The molecule has 7 heteroatoms. The Balaban J connectivity index is 2.40. The second kappa shape index (κ2) is 9.42. The summed E-state index contributed by atoms with van der Waals surface area (Å²) in [4.78, 5) is 11.2. The first kappa shape index (κ1) is 18.4. The van der Waals surface area contributed by atoms with Crippen molar-refractivity contribution in [1.29, 1.82) is 0 Å². The van der Waals surface area contributed by atoms with Gasteiger partial charge in [-0.3, -0.25) is 0 Å². The molecule has 0 fully saturated rings. The van der Waals surface area contributed by atoms with Gasteiger partial charge in [-0.05, 0) is 25.3 Å².